The number of nitrogens with two attached hydrogens (primary N) is 1. The molecule has 0 bridgehead atoms. The van der Waals surface area contributed by atoms with Crippen LogP contribution in [0.5, 0.6) is 0 Å². The van der Waals surface area contributed by atoms with E-state index in [2.05, 4.69) is 0 Å². The summed E-state index contributed by atoms with van der Waals surface area (Å²) < 4.78 is 11.3. The highest BCUT2D eigenvalue weighted by Crippen LogP contribution is 2.57. The molecule has 1 amide bonds. The first-order valence-corrected chi connectivity index (χ1v) is 11.5. The minimum absolute atomic E-state index is 0.0922. The van der Waals surface area contributed by atoms with Crippen LogP contribution in [0.15, 0.2) is 77.4 Å². The summed E-state index contributed by atoms with van der Waals surface area (Å²) in [6.07, 6.45) is 0.594. The van der Waals surface area contributed by atoms with Gasteiger partial charge in [0.15, 0.2) is 5.78 Å². The van der Waals surface area contributed by atoms with E-state index in [0.717, 1.165) is 5.56 Å². The summed E-state index contributed by atoms with van der Waals surface area (Å²) in [5.74, 6) is -1.34. The lowest BCUT2D eigenvalue weighted by Gasteiger charge is -2.40. The van der Waals surface area contributed by atoms with Crippen LogP contribution in [0.3, 0.4) is 0 Å². The summed E-state index contributed by atoms with van der Waals surface area (Å²) in [7, 11) is 0. The number of carbonyl (C=O) groups is 3. The number of ether oxygens (including phenoxy) is 2. The second kappa shape index (κ2) is 8.17. The molecule has 5 rings (SSSR count). The summed E-state index contributed by atoms with van der Waals surface area (Å²) in [6.45, 7) is 4.00. The van der Waals surface area contributed by atoms with Gasteiger partial charge in [0.05, 0.1) is 12.2 Å². The number of hydrogen-bond donors (Lipinski definition) is 1. The zero-order chi connectivity index (χ0) is 24.0. The Morgan fingerprint density at radius 3 is 2.50 bits per heavy atom. The van der Waals surface area contributed by atoms with Gasteiger partial charge in [-0.05, 0) is 31.4 Å². The highest BCUT2D eigenvalue weighted by Gasteiger charge is 2.64. The summed E-state index contributed by atoms with van der Waals surface area (Å²) in [4.78, 5) is 42.8. The van der Waals surface area contributed by atoms with Crippen LogP contribution in [0, 0.1) is 0 Å². The van der Waals surface area contributed by atoms with Crippen molar-refractivity contribution in [3.05, 3.63) is 88.5 Å². The Balaban J connectivity index is 1.77. The molecule has 1 spiro atoms. The SMILES string of the molecule is CCOC(=O)C1=C(N)OC2=C(C(=O)C[C@H](c3ccccc3)C2)[C@@]12C(=O)N(CC)c1ccccc12. The molecule has 2 aromatic rings. The van der Waals surface area contributed by atoms with Crippen LogP contribution in [0.4, 0.5) is 5.69 Å². The quantitative estimate of drug-likeness (QED) is 0.705. The number of hydrogen-bond acceptors (Lipinski definition) is 6. The van der Waals surface area contributed by atoms with E-state index in [1.807, 2.05) is 49.4 Å². The van der Waals surface area contributed by atoms with E-state index in [9.17, 15) is 14.4 Å². The smallest absolute Gasteiger partial charge is 0.341 e. The Morgan fingerprint density at radius 2 is 1.79 bits per heavy atom. The van der Waals surface area contributed by atoms with E-state index in [4.69, 9.17) is 15.2 Å². The number of carbonyl (C=O) groups excluding carboxylic acids is 3. The van der Waals surface area contributed by atoms with Gasteiger partial charge >= 0.3 is 5.97 Å². The number of esters is 1. The molecule has 2 N–H and O–H groups in total. The number of allylic oxidation sites excluding steroid dienone is 1. The molecule has 2 atom stereocenters. The number of para-hydroxylation sites is 1. The lowest BCUT2D eigenvalue weighted by molar-refractivity contribution is -0.141. The average molecular weight is 459 g/mol. The Kier molecular flexibility index (Phi) is 5.27. The Morgan fingerprint density at radius 1 is 1.09 bits per heavy atom. The second-order valence-corrected chi connectivity index (χ2v) is 8.62. The van der Waals surface area contributed by atoms with Crippen molar-refractivity contribution in [3.63, 3.8) is 0 Å². The molecule has 7 nitrogen and oxygen atoms in total. The number of anilines is 1. The minimum atomic E-state index is -1.69. The molecule has 0 unspecified atom stereocenters. The molecule has 3 aliphatic rings. The van der Waals surface area contributed by atoms with E-state index in [1.54, 1.807) is 24.0 Å². The van der Waals surface area contributed by atoms with Crippen molar-refractivity contribution >= 4 is 23.3 Å². The first kappa shape index (κ1) is 21.9. The van der Waals surface area contributed by atoms with Gasteiger partial charge in [-0.1, -0.05) is 48.5 Å². The fourth-order valence-corrected chi connectivity index (χ4v) is 5.55. The number of ketones is 1. The molecule has 174 valence electrons. The van der Waals surface area contributed by atoms with Crippen molar-refractivity contribution < 1.29 is 23.9 Å². The van der Waals surface area contributed by atoms with Crippen molar-refractivity contribution in [3.8, 4) is 0 Å². The predicted molar refractivity (Wildman–Crippen MR) is 126 cm³/mol. The van der Waals surface area contributed by atoms with Crippen LogP contribution in [0.25, 0.3) is 0 Å². The molecule has 0 fully saturated rings. The monoisotopic (exact) mass is 458 g/mol. The predicted octanol–water partition coefficient (Wildman–Crippen LogP) is 3.46. The normalized spacial score (nSPS) is 23.7. The molecule has 2 aromatic carbocycles. The van der Waals surface area contributed by atoms with Gasteiger partial charge in [-0.3, -0.25) is 9.59 Å². The van der Waals surface area contributed by atoms with Crippen molar-refractivity contribution in [2.45, 2.75) is 38.0 Å². The van der Waals surface area contributed by atoms with Crippen LogP contribution < -0.4 is 10.6 Å². The number of fused-ring (bicyclic) bond motifs is 3. The van der Waals surface area contributed by atoms with Crippen LogP contribution in [-0.4, -0.2) is 30.8 Å². The molecular formula is C27H26N2O5. The third-order valence-corrected chi connectivity index (χ3v) is 6.88. The van der Waals surface area contributed by atoms with Crippen LogP contribution >= 0.6 is 0 Å². The summed E-state index contributed by atoms with van der Waals surface area (Å²) >= 11 is 0. The van der Waals surface area contributed by atoms with Crippen molar-refractivity contribution in [1.29, 1.82) is 0 Å². The van der Waals surface area contributed by atoms with Crippen molar-refractivity contribution in [1.82, 2.24) is 0 Å². The molecule has 1 aliphatic carbocycles. The highest BCUT2D eigenvalue weighted by atomic mass is 16.5. The first-order chi connectivity index (χ1) is 16.4. The van der Waals surface area contributed by atoms with Gasteiger partial charge in [0.1, 0.15) is 16.7 Å². The lowest BCUT2D eigenvalue weighted by Crippen LogP contribution is -2.51. The molecule has 0 radical (unpaired) electrons. The minimum Gasteiger partial charge on any atom is -0.462 e. The maximum Gasteiger partial charge on any atom is 0.341 e. The average Bonchev–Trinajstić information content (AvgIpc) is 3.07. The summed E-state index contributed by atoms with van der Waals surface area (Å²) in [6, 6.07) is 16.9. The zero-order valence-corrected chi connectivity index (χ0v) is 19.2. The third kappa shape index (κ3) is 2.93. The molecule has 0 saturated heterocycles. The first-order valence-electron chi connectivity index (χ1n) is 11.5. The third-order valence-electron chi connectivity index (χ3n) is 6.88. The number of likely N-dealkylation sites (N-methyl/N-ethyl adjacent to an activating group) is 1. The fraction of sp³-hybridized carbons (Fsp3) is 0.296. The van der Waals surface area contributed by atoms with Crippen LogP contribution in [0.1, 0.15) is 43.7 Å². The Labute approximate surface area is 197 Å². The molecule has 7 heteroatoms. The van der Waals surface area contributed by atoms with Crippen LogP contribution in [0.2, 0.25) is 0 Å². The number of nitrogens with zero attached hydrogens (tertiary/aromatic N) is 1. The van der Waals surface area contributed by atoms with E-state index < -0.39 is 11.4 Å². The topological polar surface area (TPSA) is 98.9 Å². The van der Waals surface area contributed by atoms with Gasteiger partial charge in [0, 0.05) is 30.6 Å². The van der Waals surface area contributed by atoms with E-state index in [1.165, 1.54) is 0 Å². The second-order valence-electron chi connectivity index (χ2n) is 8.62. The van der Waals surface area contributed by atoms with Crippen molar-refractivity contribution in [2.75, 3.05) is 18.1 Å². The fourth-order valence-electron chi connectivity index (χ4n) is 5.55. The van der Waals surface area contributed by atoms with Crippen molar-refractivity contribution in [2.24, 2.45) is 5.73 Å². The zero-order valence-electron chi connectivity index (χ0n) is 19.2. The van der Waals surface area contributed by atoms with Gasteiger partial charge in [-0.15, -0.1) is 0 Å². The summed E-state index contributed by atoms with van der Waals surface area (Å²) in [5.41, 5.74) is 6.95. The lowest BCUT2D eigenvalue weighted by atomic mass is 9.63. The van der Waals surface area contributed by atoms with Gasteiger partial charge < -0.3 is 20.1 Å². The number of benzene rings is 2. The maximum absolute atomic E-state index is 14.2. The number of rotatable bonds is 4. The maximum atomic E-state index is 14.2. The standard InChI is InChI=1S/C27H26N2O5/c1-3-29-19-13-9-8-12-18(19)27(26(29)32)22-20(30)14-17(16-10-6-5-7-11-16)15-21(22)34-24(28)23(27)25(31)33-4-2/h5-13,17H,3-4,14-15,28H2,1-2H3/t17-,27+/m0/s1. The van der Waals surface area contributed by atoms with E-state index in [-0.39, 0.29) is 47.7 Å². The highest BCUT2D eigenvalue weighted by molar-refractivity contribution is 6.23. The molecule has 0 aromatic heterocycles. The van der Waals surface area contributed by atoms with Gasteiger partial charge in [-0.2, -0.15) is 0 Å². The molecule has 2 heterocycles. The number of amides is 1. The van der Waals surface area contributed by atoms with Gasteiger partial charge in [-0.25, -0.2) is 4.79 Å². The molecular weight excluding hydrogens is 432 g/mol. The summed E-state index contributed by atoms with van der Waals surface area (Å²) in [5, 5.41) is 0. The van der Waals surface area contributed by atoms with Gasteiger partial charge in [0.25, 0.3) is 0 Å². The largest absolute Gasteiger partial charge is 0.462 e. The van der Waals surface area contributed by atoms with E-state index >= 15 is 0 Å². The number of Topliss-reactive ketones (excluding diaryl/α,β-unsaturated/α-hetero) is 1. The van der Waals surface area contributed by atoms with Gasteiger partial charge in [0.2, 0.25) is 11.8 Å². The molecule has 0 saturated carbocycles. The Hall–Kier alpha value is -3.87. The molecule has 34 heavy (non-hydrogen) atoms. The van der Waals surface area contributed by atoms with E-state index in [0.29, 0.717) is 30.0 Å². The Bertz CT molecular complexity index is 1260. The molecule has 2 aliphatic heterocycles. The van der Waals surface area contributed by atoms with Crippen LogP contribution in [-0.2, 0) is 29.3 Å².